The van der Waals surface area contributed by atoms with Gasteiger partial charge in [-0.1, -0.05) is 6.07 Å². The summed E-state index contributed by atoms with van der Waals surface area (Å²) in [6.07, 6.45) is 1.40. The first-order valence-corrected chi connectivity index (χ1v) is 8.31. The van der Waals surface area contributed by atoms with Crippen molar-refractivity contribution in [3.63, 3.8) is 0 Å². The third kappa shape index (κ3) is 3.48. The van der Waals surface area contributed by atoms with Gasteiger partial charge in [0, 0.05) is 12.7 Å². The highest BCUT2D eigenvalue weighted by atomic mass is 32.1. The number of hydrogen-bond donors (Lipinski definition) is 1. The lowest BCUT2D eigenvalue weighted by atomic mass is 10.1. The van der Waals surface area contributed by atoms with Crippen LogP contribution in [0.3, 0.4) is 0 Å². The van der Waals surface area contributed by atoms with E-state index < -0.39 is 23.7 Å². The van der Waals surface area contributed by atoms with Gasteiger partial charge in [-0.2, -0.15) is 0 Å². The second-order valence-corrected chi connectivity index (χ2v) is 6.33. The number of amides is 1. The maximum Gasteiger partial charge on any atom is 0.394 e. The van der Waals surface area contributed by atoms with Crippen molar-refractivity contribution in [2.75, 3.05) is 0 Å². The van der Waals surface area contributed by atoms with E-state index in [2.05, 4.69) is 9.97 Å². The van der Waals surface area contributed by atoms with Crippen LogP contribution in [0.1, 0.15) is 24.2 Å². The summed E-state index contributed by atoms with van der Waals surface area (Å²) in [4.78, 5) is 32.6. The molecule has 1 aromatic carbocycles. The largest absolute Gasteiger partial charge is 0.474 e. The number of carboxylic acids is 1. The first-order valence-electron chi connectivity index (χ1n) is 7.44. The Morgan fingerprint density at radius 1 is 1.32 bits per heavy atom. The standard InChI is InChI=1S/C17H14FN3O3S/c1-10(15-12(18)3-2-6-19-15)21(16(22)17(23)24)8-11-4-5-13-14(7-11)25-9-20-13/h2-7,9-10H,8H2,1H3,(H,23,24). The molecule has 6 nitrogen and oxygen atoms in total. The first-order chi connectivity index (χ1) is 12.0. The number of benzene rings is 1. The Morgan fingerprint density at radius 2 is 2.12 bits per heavy atom. The van der Waals surface area contributed by atoms with Crippen LogP contribution < -0.4 is 0 Å². The van der Waals surface area contributed by atoms with E-state index in [1.165, 1.54) is 29.7 Å². The van der Waals surface area contributed by atoms with Crippen molar-refractivity contribution in [2.24, 2.45) is 0 Å². The minimum atomic E-state index is -1.60. The normalized spacial score (nSPS) is 12.1. The van der Waals surface area contributed by atoms with Gasteiger partial charge in [0.05, 0.1) is 27.5 Å². The van der Waals surface area contributed by atoms with Gasteiger partial charge in [-0.25, -0.2) is 14.2 Å². The minimum absolute atomic E-state index is 0.0240. The third-order valence-electron chi connectivity index (χ3n) is 3.84. The molecule has 128 valence electrons. The molecule has 3 aromatic rings. The molecule has 1 unspecified atom stereocenters. The van der Waals surface area contributed by atoms with Crippen LogP contribution in [0.4, 0.5) is 4.39 Å². The molecule has 0 saturated heterocycles. The van der Waals surface area contributed by atoms with Crippen molar-refractivity contribution in [1.82, 2.24) is 14.9 Å². The van der Waals surface area contributed by atoms with Gasteiger partial charge in [0.2, 0.25) is 0 Å². The number of aromatic nitrogens is 2. The van der Waals surface area contributed by atoms with Crippen LogP contribution >= 0.6 is 11.3 Å². The summed E-state index contributed by atoms with van der Waals surface area (Å²) in [5.41, 5.74) is 3.29. The lowest BCUT2D eigenvalue weighted by Crippen LogP contribution is -2.38. The molecule has 0 radical (unpaired) electrons. The molecule has 8 heteroatoms. The van der Waals surface area contributed by atoms with Crippen molar-refractivity contribution in [3.8, 4) is 0 Å². The van der Waals surface area contributed by atoms with Crippen molar-refractivity contribution < 1.29 is 19.1 Å². The molecule has 0 bridgehead atoms. The Morgan fingerprint density at radius 3 is 2.84 bits per heavy atom. The molecule has 2 aromatic heterocycles. The smallest absolute Gasteiger partial charge is 0.394 e. The Hall–Kier alpha value is -2.87. The number of rotatable bonds is 4. The van der Waals surface area contributed by atoms with Crippen molar-refractivity contribution in [1.29, 1.82) is 0 Å². The predicted octanol–water partition coefficient (Wildman–Crippen LogP) is 3.00. The van der Waals surface area contributed by atoms with Crippen LogP contribution in [-0.2, 0) is 16.1 Å². The molecule has 0 aliphatic rings. The number of nitrogens with zero attached hydrogens (tertiary/aromatic N) is 3. The van der Waals surface area contributed by atoms with Gasteiger partial charge < -0.3 is 10.0 Å². The molecule has 0 saturated carbocycles. The van der Waals surface area contributed by atoms with Crippen LogP contribution in [0, 0.1) is 5.82 Å². The van der Waals surface area contributed by atoms with Gasteiger partial charge in [0.1, 0.15) is 5.82 Å². The summed E-state index contributed by atoms with van der Waals surface area (Å²) in [5.74, 6) is -3.29. The summed E-state index contributed by atoms with van der Waals surface area (Å²) in [7, 11) is 0. The fourth-order valence-corrected chi connectivity index (χ4v) is 3.30. The molecule has 1 amide bonds. The Bertz CT molecular complexity index is 944. The Balaban J connectivity index is 1.95. The van der Waals surface area contributed by atoms with E-state index in [0.717, 1.165) is 20.7 Å². The van der Waals surface area contributed by atoms with Gasteiger partial charge in [-0.05, 0) is 36.8 Å². The topological polar surface area (TPSA) is 83.4 Å². The summed E-state index contributed by atoms with van der Waals surface area (Å²) in [6.45, 7) is 1.58. The summed E-state index contributed by atoms with van der Waals surface area (Å²) in [5, 5.41) is 9.12. The molecule has 25 heavy (non-hydrogen) atoms. The van der Waals surface area contributed by atoms with Crippen LogP contribution in [0.25, 0.3) is 10.2 Å². The molecule has 0 aliphatic carbocycles. The number of fused-ring (bicyclic) bond motifs is 1. The number of halogens is 1. The van der Waals surface area contributed by atoms with E-state index in [1.807, 2.05) is 6.07 Å². The Labute approximate surface area is 146 Å². The lowest BCUT2D eigenvalue weighted by molar-refractivity contribution is -0.157. The maximum absolute atomic E-state index is 14.0. The molecule has 3 rings (SSSR count). The monoisotopic (exact) mass is 359 g/mol. The first kappa shape index (κ1) is 17.0. The van der Waals surface area contributed by atoms with E-state index in [9.17, 15) is 14.0 Å². The molecular weight excluding hydrogens is 345 g/mol. The number of carbonyl (C=O) groups is 2. The van der Waals surface area contributed by atoms with Crippen molar-refractivity contribution >= 4 is 33.4 Å². The zero-order valence-electron chi connectivity index (χ0n) is 13.2. The van der Waals surface area contributed by atoms with Gasteiger partial charge >= 0.3 is 11.9 Å². The third-order valence-corrected chi connectivity index (χ3v) is 4.63. The van der Waals surface area contributed by atoms with Crippen LogP contribution in [-0.4, -0.2) is 31.9 Å². The van der Waals surface area contributed by atoms with E-state index in [0.29, 0.717) is 0 Å². The number of aliphatic carboxylic acids is 1. The lowest BCUT2D eigenvalue weighted by Gasteiger charge is -2.27. The van der Waals surface area contributed by atoms with E-state index in [4.69, 9.17) is 5.11 Å². The highest BCUT2D eigenvalue weighted by Crippen LogP contribution is 2.25. The molecule has 0 spiro atoms. The number of pyridine rings is 1. The van der Waals surface area contributed by atoms with Crippen molar-refractivity contribution in [2.45, 2.75) is 19.5 Å². The van der Waals surface area contributed by atoms with Crippen LogP contribution in [0.15, 0.2) is 42.0 Å². The Kier molecular flexibility index (Phi) is 4.71. The fraction of sp³-hybridized carbons (Fsp3) is 0.176. The molecule has 1 atom stereocenters. The molecule has 0 aliphatic heterocycles. The zero-order chi connectivity index (χ0) is 18.0. The second kappa shape index (κ2) is 6.94. The minimum Gasteiger partial charge on any atom is -0.474 e. The average molecular weight is 359 g/mol. The maximum atomic E-state index is 14.0. The average Bonchev–Trinajstić information content (AvgIpc) is 3.06. The van der Waals surface area contributed by atoms with Gasteiger partial charge in [-0.3, -0.25) is 9.78 Å². The van der Waals surface area contributed by atoms with Crippen LogP contribution in [0.5, 0.6) is 0 Å². The van der Waals surface area contributed by atoms with E-state index in [1.54, 1.807) is 24.6 Å². The second-order valence-electron chi connectivity index (χ2n) is 5.44. The van der Waals surface area contributed by atoms with E-state index >= 15 is 0 Å². The van der Waals surface area contributed by atoms with Gasteiger partial charge in [-0.15, -0.1) is 11.3 Å². The van der Waals surface area contributed by atoms with Crippen molar-refractivity contribution in [3.05, 3.63) is 59.1 Å². The number of thiazole rings is 1. The fourth-order valence-electron chi connectivity index (χ4n) is 2.55. The number of carboxylic acid groups (broad SMARTS) is 1. The summed E-state index contributed by atoms with van der Waals surface area (Å²) < 4.78 is 14.9. The zero-order valence-corrected chi connectivity index (χ0v) is 14.0. The summed E-state index contributed by atoms with van der Waals surface area (Å²) in [6, 6.07) is 7.25. The predicted molar refractivity (Wildman–Crippen MR) is 90.4 cm³/mol. The quantitative estimate of drug-likeness (QED) is 0.724. The summed E-state index contributed by atoms with van der Waals surface area (Å²) >= 11 is 1.45. The molecule has 0 fully saturated rings. The molecule has 1 N–H and O–H groups in total. The van der Waals surface area contributed by atoms with Gasteiger partial charge in [0.25, 0.3) is 0 Å². The van der Waals surface area contributed by atoms with Crippen LogP contribution in [0.2, 0.25) is 0 Å². The highest BCUT2D eigenvalue weighted by molar-refractivity contribution is 7.16. The number of hydrogen-bond acceptors (Lipinski definition) is 5. The molecule has 2 heterocycles. The highest BCUT2D eigenvalue weighted by Gasteiger charge is 2.29. The SMILES string of the molecule is CC(c1ncccc1F)N(Cc1ccc2ncsc2c1)C(=O)C(=O)O. The number of carbonyl (C=O) groups excluding carboxylic acids is 1. The molecular formula is C17H14FN3O3S. The van der Waals surface area contributed by atoms with E-state index in [-0.39, 0.29) is 12.2 Å². The van der Waals surface area contributed by atoms with Gasteiger partial charge in [0.15, 0.2) is 0 Å².